The molecule has 0 bridgehead atoms. The molecule has 5 aromatic rings. The molecule has 12 nitrogen and oxygen atoms in total. The molecule has 1 fully saturated rings. The first-order valence-electron chi connectivity index (χ1n) is 13.4. The van der Waals surface area contributed by atoms with E-state index in [0.29, 0.717) is 45.9 Å². The van der Waals surface area contributed by atoms with Gasteiger partial charge in [-0.25, -0.2) is 17.4 Å². The van der Waals surface area contributed by atoms with E-state index in [1.165, 1.54) is 10.2 Å². The molecule has 42 heavy (non-hydrogen) atoms. The van der Waals surface area contributed by atoms with Crippen LogP contribution in [0.2, 0.25) is 0 Å². The number of hydrogen-bond acceptors (Lipinski definition) is 10. The standard InChI is InChI=1S/C29H31N7O5S/c1-19-7-9-21(10-8-19)42(37,38)36-14-11-22-27(32-29(33-28(22)36)34-12-5-6-13-34)31-25-17-35(18-30-25)20-15-23(39-2)26(41-4)24(16-20)40-3/h7-11,14-18H,5-6,12-13H2,1-4H3,(H,31,32,33). The first kappa shape index (κ1) is 27.4. The van der Waals surface area contributed by atoms with Crippen molar-refractivity contribution in [3.8, 4) is 22.9 Å². The van der Waals surface area contributed by atoms with E-state index in [4.69, 9.17) is 24.2 Å². The maximum Gasteiger partial charge on any atom is 0.269 e. The minimum absolute atomic E-state index is 0.186. The molecule has 1 saturated heterocycles. The third-order valence-corrected chi connectivity index (χ3v) is 8.92. The van der Waals surface area contributed by atoms with Gasteiger partial charge in [0.2, 0.25) is 11.7 Å². The number of benzene rings is 2. The van der Waals surface area contributed by atoms with Crippen molar-refractivity contribution in [1.29, 1.82) is 0 Å². The number of ether oxygens (including phenoxy) is 3. The lowest BCUT2D eigenvalue weighted by molar-refractivity contribution is 0.324. The predicted molar refractivity (Wildman–Crippen MR) is 159 cm³/mol. The van der Waals surface area contributed by atoms with E-state index < -0.39 is 10.0 Å². The normalized spacial score (nSPS) is 13.5. The minimum Gasteiger partial charge on any atom is -0.493 e. The highest BCUT2D eigenvalue weighted by molar-refractivity contribution is 7.90. The summed E-state index contributed by atoms with van der Waals surface area (Å²) in [6, 6.07) is 12.1. The van der Waals surface area contributed by atoms with E-state index in [1.54, 1.807) is 68.8 Å². The Bertz CT molecular complexity index is 1830. The number of nitrogens with zero attached hydrogens (tertiary/aromatic N) is 6. The topological polar surface area (TPSA) is 126 Å². The summed E-state index contributed by atoms with van der Waals surface area (Å²) in [5.41, 5.74) is 2.01. The molecule has 13 heteroatoms. The maximum absolute atomic E-state index is 13.7. The Balaban J connectivity index is 1.41. The van der Waals surface area contributed by atoms with Gasteiger partial charge < -0.3 is 29.0 Å². The summed E-state index contributed by atoms with van der Waals surface area (Å²) in [6.07, 6.45) is 7.00. The molecule has 0 radical (unpaired) electrons. The maximum atomic E-state index is 13.7. The number of rotatable bonds is 9. The molecule has 0 aliphatic carbocycles. The third kappa shape index (κ3) is 4.85. The van der Waals surface area contributed by atoms with Crippen molar-refractivity contribution < 1.29 is 22.6 Å². The van der Waals surface area contributed by atoms with Crippen molar-refractivity contribution in [3.05, 3.63) is 66.7 Å². The number of fused-ring (bicyclic) bond motifs is 1. The molecule has 3 aromatic heterocycles. The Morgan fingerprint density at radius 3 is 2.24 bits per heavy atom. The second-order valence-corrected chi connectivity index (χ2v) is 11.7. The lowest BCUT2D eigenvalue weighted by Gasteiger charge is -2.17. The molecule has 218 valence electrons. The fourth-order valence-corrected chi connectivity index (χ4v) is 6.31. The van der Waals surface area contributed by atoms with Crippen molar-refractivity contribution in [1.82, 2.24) is 23.5 Å². The number of aromatic nitrogens is 5. The molecular weight excluding hydrogens is 558 g/mol. The number of nitrogens with one attached hydrogen (secondary N) is 1. The van der Waals surface area contributed by atoms with Crippen LogP contribution in [-0.4, -0.2) is 66.3 Å². The zero-order valence-corrected chi connectivity index (χ0v) is 24.6. The zero-order valence-electron chi connectivity index (χ0n) is 23.7. The fraction of sp³-hybridized carbons (Fsp3) is 0.276. The van der Waals surface area contributed by atoms with Crippen LogP contribution in [0.4, 0.5) is 17.6 Å². The van der Waals surface area contributed by atoms with Crippen LogP contribution >= 0.6 is 0 Å². The van der Waals surface area contributed by atoms with Gasteiger partial charge in [0.15, 0.2) is 17.1 Å². The quantitative estimate of drug-likeness (QED) is 0.262. The molecule has 2 aromatic carbocycles. The van der Waals surface area contributed by atoms with Gasteiger partial charge in [-0.2, -0.15) is 9.97 Å². The van der Waals surface area contributed by atoms with E-state index in [9.17, 15) is 8.42 Å². The van der Waals surface area contributed by atoms with Crippen LogP contribution in [0.1, 0.15) is 18.4 Å². The number of anilines is 3. The number of aryl methyl sites for hydroxylation is 1. The first-order valence-corrected chi connectivity index (χ1v) is 14.8. The SMILES string of the molecule is COc1cc(-n2cnc(Nc3nc(N4CCCC4)nc4c3ccn4S(=O)(=O)c3ccc(C)cc3)c2)cc(OC)c1OC. The molecule has 0 unspecified atom stereocenters. The van der Waals surface area contributed by atoms with Crippen LogP contribution in [0.25, 0.3) is 16.7 Å². The molecule has 1 N–H and O–H groups in total. The molecule has 0 amide bonds. The minimum atomic E-state index is -3.89. The van der Waals surface area contributed by atoms with Gasteiger partial charge in [0.1, 0.15) is 18.0 Å². The Morgan fingerprint density at radius 2 is 1.60 bits per heavy atom. The Labute approximate surface area is 243 Å². The van der Waals surface area contributed by atoms with Crippen molar-refractivity contribution in [2.45, 2.75) is 24.7 Å². The van der Waals surface area contributed by atoms with Crippen molar-refractivity contribution in [2.75, 3.05) is 44.6 Å². The summed E-state index contributed by atoms with van der Waals surface area (Å²) in [5.74, 6) is 2.94. The van der Waals surface area contributed by atoms with E-state index in [0.717, 1.165) is 37.2 Å². The van der Waals surface area contributed by atoms with Gasteiger partial charge in [0.25, 0.3) is 10.0 Å². The van der Waals surface area contributed by atoms with Gasteiger partial charge in [-0.3, -0.25) is 0 Å². The van der Waals surface area contributed by atoms with Crippen LogP contribution in [0.5, 0.6) is 17.2 Å². The molecular formula is C29H31N7O5S. The molecule has 4 heterocycles. The molecule has 0 saturated carbocycles. The molecule has 0 spiro atoms. The lowest BCUT2D eigenvalue weighted by atomic mass is 10.2. The summed E-state index contributed by atoms with van der Waals surface area (Å²) in [5, 5.41) is 3.84. The van der Waals surface area contributed by atoms with Crippen molar-refractivity contribution in [2.24, 2.45) is 0 Å². The van der Waals surface area contributed by atoms with Crippen LogP contribution in [0.15, 0.2) is 66.1 Å². The highest BCUT2D eigenvalue weighted by atomic mass is 32.2. The summed E-state index contributed by atoms with van der Waals surface area (Å²) in [4.78, 5) is 16.3. The van der Waals surface area contributed by atoms with Crippen LogP contribution < -0.4 is 24.4 Å². The monoisotopic (exact) mass is 589 g/mol. The average Bonchev–Trinajstić information content (AvgIpc) is 3.78. The number of hydrogen-bond donors (Lipinski definition) is 1. The second-order valence-electron chi connectivity index (χ2n) is 9.91. The Kier molecular flexibility index (Phi) is 7.11. The van der Waals surface area contributed by atoms with Crippen LogP contribution in [0, 0.1) is 6.92 Å². The third-order valence-electron chi connectivity index (χ3n) is 7.24. The van der Waals surface area contributed by atoms with Gasteiger partial charge in [0, 0.05) is 31.4 Å². The average molecular weight is 590 g/mol. The number of imidazole rings is 1. The fourth-order valence-electron chi connectivity index (χ4n) is 5.02. The summed E-state index contributed by atoms with van der Waals surface area (Å²) < 4.78 is 46.8. The smallest absolute Gasteiger partial charge is 0.269 e. The largest absolute Gasteiger partial charge is 0.493 e. The molecule has 6 rings (SSSR count). The molecule has 0 atom stereocenters. The van der Waals surface area contributed by atoms with E-state index in [2.05, 4.69) is 15.2 Å². The molecule has 1 aliphatic rings. The first-order chi connectivity index (χ1) is 20.3. The van der Waals surface area contributed by atoms with Gasteiger partial charge in [-0.15, -0.1) is 0 Å². The molecule has 1 aliphatic heterocycles. The zero-order chi connectivity index (χ0) is 29.4. The van der Waals surface area contributed by atoms with Crippen LogP contribution in [0.3, 0.4) is 0 Å². The van der Waals surface area contributed by atoms with E-state index >= 15 is 0 Å². The summed E-state index contributed by atoms with van der Waals surface area (Å²) >= 11 is 0. The van der Waals surface area contributed by atoms with Gasteiger partial charge in [-0.05, 0) is 38.0 Å². The summed E-state index contributed by atoms with van der Waals surface area (Å²) in [7, 11) is 0.781. The Hall–Kier alpha value is -4.78. The second kappa shape index (κ2) is 10.9. The highest BCUT2D eigenvalue weighted by Gasteiger charge is 2.25. The number of methoxy groups -OCH3 is 3. The van der Waals surface area contributed by atoms with Gasteiger partial charge >= 0.3 is 0 Å². The van der Waals surface area contributed by atoms with Gasteiger partial charge in [-0.1, -0.05) is 17.7 Å². The Morgan fingerprint density at radius 1 is 0.905 bits per heavy atom. The predicted octanol–water partition coefficient (Wildman–Crippen LogP) is 4.53. The van der Waals surface area contributed by atoms with E-state index in [1.807, 2.05) is 19.1 Å². The van der Waals surface area contributed by atoms with Gasteiger partial charge in [0.05, 0.1) is 43.5 Å². The highest BCUT2D eigenvalue weighted by Crippen LogP contribution is 2.39. The van der Waals surface area contributed by atoms with Crippen molar-refractivity contribution >= 4 is 38.6 Å². The summed E-state index contributed by atoms with van der Waals surface area (Å²) in [6.45, 7) is 3.51. The lowest BCUT2D eigenvalue weighted by Crippen LogP contribution is -2.21. The van der Waals surface area contributed by atoms with Crippen LogP contribution in [-0.2, 0) is 10.0 Å². The van der Waals surface area contributed by atoms with E-state index in [-0.39, 0.29) is 4.90 Å². The van der Waals surface area contributed by atoms with Crippen molar-refractivity contribution in [3.63, 3.8) is 0 Å².